The maximum atomic E-state index is 13.0. The molecule has 29 heavy (non-hydrogen) atoms. The Balaban J connectivity index is 1.60. The lowest BCUT2D eigenvalue weighted by atomic mass is 10.1. The highest BCUT2D eigenvalue weighted by atomic mass is 32.2. The molecule has 0 amide bonds. The topological polar surface area (TPSA) is 61.2 Å². The van der Waals surface area contributed by atoms with Gasteiger partial charge in [0.25, 0.3) is 5.56 Å². The zero-order valence-corrected chi connectivity index (χ0v) is 16.6. The Morgan fingerprint density at radius 3 is 2.59 bits per heavy atom. The predicted molar refractivity (Wildman–Crippen MR) is 115 cm³/mol. The summed E-state index contributed by atoms with van der Waals surface area (Å²) < 4.78 is 6.69. The molecule has 0 aliphatic heterocycles. The number of Topliss-reactive ketones (excluding diaryl/α,β-unsaturated/α-hetero) is 1. The summed E-state index contributed by atoms with van der Waals surface area (Å²) in [7, 11) is 1.58. The summed E-state index contributed by atoms with van der Waals surface area (Å²) in [5.74, 6) is 0.755. The third-order valence-electron chi connectivity index (χ3n) is 4.59. The van der Waals surface area contributed by atoms with E-state index in [0.29, 0.717) is 16.3 Å². The van der Waals surface area contributed by atoms with Crippen LogP contribution in [-0.4, -0.2) is 28.2 Å². The number of thioether (sulfide) groups is 1. The number of benzene rings is 3. The van der Waals surface area contributed by atoms with Crippen LogP contribution in [0.25, 0.3) is 16.5 Å². The minimum absolute atomic E-state index is 0.0700. The van der Waals surface area contributed by atoms with Crippen molar-refractivity contribution in [3.05, 3.63) is 95.0 Å². The Kier molecular flexibility index (Phi) is 5.44. The molecule has 0 saturated heterocycles. The second-order valence-electron chi connectivity index (χ2n) is 6.35. The van der Waals surface area contributed by atoms with Gasteiger partial charge >= 0.3 is 0 Å². The van der Waals surface area contributed by atoms with Crippen molar-refractivity contribution in [2.75, 3.05) is 12.9 Å². The van der Waals surface area contributed by atoms with Gasteiger partial charge in [-0.3, -0.25) is 14.2 Å². The monoisotopic (exact) mass is 402 g/mol. The van der Waals surface area contributed by atoms with Crippen LogP contribution in [0.15, 0.2) is 88.9 Å². The van der Waals surface area contributed by atoms with Crippen LogP contribution in [-0.2, 0) is 0 Å². The standard InChI is InChI=1S/C23H18N2O3S/c1-28-18-11-9-17(10-12-18)21(26)15-29-22-23(27)25(14-13-24-22)20-8-4-6-16-5-2-3-7-19(16)20/h2-14H,15H2,1H3. The smallest absolute Gasteiger partial charge is 0.287 e. The minimum atomic E-state index is -0.239. The molecular formula is C23H18N2O3S. The highest BCUT2D eigenvalue weighted by Crippen LogP contribution is 2.22. The van der Waals surface area contributed by atoms with Crippen molar-refractivity contribution >= 4 is 28.3 Å². The van der Waals surface area contributed by atoms with Crippen molar-refractivity contribution in [2.45, 2.75) is 5.03 Å². The third-order valence-corrected chi connectivity index (χ3v) is 5.55. The van der Waals surface area contributed by atoms with Gasteiger partial charge in [-0.2, -0.15) is 0 Å². The van der Waals surface area contributed by atoms with Gasteiger partial charge in [-0.25, -0.2) is 4.98 Å². The van der Waals surface area contributed by atoms with Gasteiger partial charge in [-0.05, 0) is 35.7 Å². The van der Waals surface area contributed by atoms with E-state index in [1.54, 1.807) is 48.3 Å². The average molecular weight is 402 g/mol. The second-order valence-corrected chi connectivity index (χ2v) is 7.31. The fourth-order valence-electron chi connectivity index (χ4n) is 3.09. The maximum Gasteiger partial charge on any atom is 0.287 e. The van der Waals surface area contributed by atoms with E-state index in [4.69, 9.17) is 4.74 Å². The quantitative estimate of drug-likeness (QED) is 0.354. The van der Waals surface area contributed by atoms with E-state index >= 15 is 0 Å². The van der Waals surface area contributed by atoms with Gasteiger partial charge in [-0.1, -0.05) is 48.2 Å². The number of ketones is 1. The number of fused-ring (bicyclic) bond motifs is 1. The van der Waals surface area contributed by atoms with Crippen LogP contribution in [0.2, 0.25) is 0 Å². The lowest BCUT2D eigenvalue weighted by Crippen LogP contribution is -2.21. The molecule has 0 radical (unpaired) electrons. The second kappa shape index (κ2) is 8.32. The summed E-state index contributed by atoms with van der Waals surface area (Å²) >= 11 is 1.15. The van der Waals surface area contributed by atoms with E-state index in [1.165, 1.54) is 0 Å². The van der Waals surface area contributed by atoms with E-state index in [1.807, 2.05) is 42.5 Å². The molecule has 1 aromatic heterocycles. The van der Waals surface area contributed by atoms with Crippen molar-refractivity contribution in [2.24, 2.45) is 0 Å². The first kappa shape index (κ1) is 19.0. The Morgan fingerprint density at radius 1 is 1.03 bits per heavy atom. The van der Waals surface area contributed by atoms with Gasteiger partial charge in [0.1, 0.15) is 5.75 Å². The number of rotatable bonds is 6. The molecule has 1 heterocycles. The van der Waals surface area contributed by atoms with Crippen LogP contribution in [0.5, 0.6) is 5.75 Å². The van der Waals surface area contributed by atoms with Crippen molar-refractivity contribution in [1.29, 1.82) is 0 Å². The van der Waals surface area contributed by atoms with Crippen molar-refractivity contribution in [3.63, 3.8) is 0 Å². The first-order valence-electron chi connectivity index (χ1n) is 9.03. The summed E-state index contributed by atoms with van der Waals surface area (Å²) in [6, 6.07) is 20.7. The van der Waals surface area contributed by atoms with E-state index in [9.17, 15) is 9.59 Å². The number of nitrogens with zero attached hydrogens (tertiary/aromatic N) is 2. The minimum Gasteiger partial charge on any atom is -0.497 e. The molecule has 4 aromatic rings. The summed E-state index contributed by atoms with van der Waals surface area (Å²) in [4.78, 5) is 29.7. The van der Waals surface area contributed by atoms with E-state index in [2.05, 4.69) is 4.98 Å². The van der Waals surface area contributed by atoms with Crippen LogP contribution >= 0.6 is 11.8 Å². The Hall–Kier alpha value is -3.38. The first-order valence-corrected chi connectivity index (χ1v) is 10.0. The summed E-state index contributed by atoms with van der Waals surface area (Å²) in [6.45, 7) is 0. The van der Waals surface area contributed by atoms with Gasteiger partial charge in [0.2, 0.25) is 0 Å². The summed E-state index contributed by atoms with van der Waals surface area (Å²) in [6.07, 6.45) is 3.24. The van der Waals surface area contributed by atoms with Crippen molar-refractivity contribution in [1.82, 2.24) is 9.55 Å². The molecule has 3 aromatic carbocycles. The fraction of sp³-hybridized carbons (Fsp3) is 0.0870. The molecule has 0 atom stereocenters. The number of hydrogen-bond acceptors (Lipinski definition) is 5. The Bertz CT molecular complexity index is 1230. The van der Waals surface area contributed by atoms with Crippen LogP contribution in [0.3, 0.4) is 0 Å². The molecule has 0 spiro atoms. The van der Waals surface area contributed by atoms with Gasteiger partial charge in [0.05, 0.1) is 18.6 Å². The molecule has 144 valence electrons. The maximum absolute atomic E-state index is 13.0. The van der Waals surface area contributed by atoms with Crippen LogP contribution < -0.4 is 10.3 Å². The molecular weight excluding hydrogens is 384 g/mol. The third kappa shape index (κ3) is 3.93. The molecule has 0 unspecified atom stereocenters. The fourth-order valence-corrected chi connectivity index (χ4v) is 3.89. The highest BCUT2D eigenvalue weighted by Gasteiger charge is 2.13. The van der Waals surface area contributed by atoms with Crippen LogP contribution in [0, 0.1) is 0 Å². The van der Waals surface area contributed by atoms with Crippen LogP contribution in [0.4, 0.5) is 0 Å². The number of carbonyl (C=O) groups excluding carboxylic acids is 1. The summed E-state index contributed by atoms with van der Waals surface area (Å²) in [5.41, 5.74) is 1.12. The lowest BCUT2D eigenvalue weighted by molar-refractivity contribution is 0.102. The molecule has 0 fully saturated rings. The highest BCUT2D eigenvalue weighted by molar-refractivity contribution is 7.99. The molecule has 0 aliphatic rings. The van der Waals surface area contributed by atoms with Gasteiger partial charge < -0.3 is 4.74 Å². The van der Waals surface area contributed by atoms with Gasteiger partial charge in [0.15, 0.2) is 10.8 Å². The van der Waals surface area contributed by atoms with Gasteiger partial charge in [-0.15, -0.1) is 0 Å². The number of carbonyl (C=O) groups is 1. The van der Waals surface area contributed by atoms with E-state index < -0.39 is 0 Å². The molecule has 0 N–H and O–H groups in total. The molecule has 0 saturated carbocycles. The molecule has 0 bridgehead atoms. The zero-order valence-electron chi connectivity index (χ0n) is 15.7. The van der Waals surface area contributed by atoms with Crippen molar-refractivity contribution < 1.29 is 9.53 Å². The molecule has 0 aliphatic carbocycles. The normalized spacial score (nSPS) is 10.8. The van der Waals surface area contributed by atoms with Crippen molar-refractivity contribution in [3.8, 4) is 11.4 Å². The zero-order chi connectivity index (χ0) is 20.2. The van der Waals surface area contributed by atoms with Crippen LogP contribution in [0.1, 0.15) is 10.4 Å². The Labute approximate surface area is 172 Å². The molecule has 5 nitrogen and oxygen atoms in total. The first-order chi connectivity index (χ1) is 14.2. The number of ether oxygens (including phenoxy) is 1. The van der Waals surface area contributed by atoms with E-state index in [-0.39, 0.29) is 17.1 Å². The molecule has 4 rings (SSSR count). The van der Waals surface area contributed by atoms with E-state index in [0.717, 1.165) is 28.2 Å². The Morgan fingerprint density at radius 2 is 1.79 bits per heavy atom. The predicted octanol–water partition coefficient (Wildman–Crippen LogP) is 4.37. The number of methoxy groups -OCH3 is 1. The van der Waals surface area contributed by atoms with Gasteiger partial charge in [0, 0.05) is 23.3 Å². The molecule has 6 heteroatoms. The number of hydrogen-bond donors (Lipinski definition) is 0. The number of aromatic nitrogens is 2. The average Bonchev–Trinajstić information content (AvgIpc) is 2.78. The lowest BCUT2D eigenvalue weighted by Gasteiger charge is -2.10. The largest absolute Gasteiger partial charge is 0.497 e. The summed E-state index contributed by atoms with van der Waals surface area (Å²) in [5, 5.41) is 2.33. The SMILES string of the molecule is COc1ccc(C(=O)CSc2nccn(-c3cccc4ccccc34)c2=O)cc1.